The average Bonchev–Trinajstić information content (AvgIpc) is 1.55. The predicted molar refractivity (Wildman–Crippen MR) is 415 cm³/mol. The Bertz CT molecular complexity index is 6230. The molecule has 0 saturated carbocycles. The monoisotopic (exact) mass is 1590 g/mol. The Balaban J connectivity index is 0.537. The maximum atomic E-state index is 6.52. The number of imidazole rings is 1. The lowest BCUT2D eigenvalue weighted by atomic mass is 9.97. The molecule has 41 heteroatoms. The fourth-order valence-corrected chi connectivity index (χ4v) is 18.8. The van der Waals surface area contributed by atoms with E-state index in [4.69, 9.17) is 67.7 Å². The highest BCUT2D eigenvalue weighted by molar-refractivity contribution is 8.01. The van der Waals surface area contributed by atoms with E-state index in [2.05, 4.69) is 129 Å². The van der Waals surface area contributed by atoms with E-state index in [0.29, 0.717) is 171 Å². The van der Waals surface area contributed by atoms with Crippen LogP contribution in [-0.4, -0.2) is 199 Å². The van der Waals surface area contributed by atoms with Gasteiger partial charge in [-0.1, -0.05) is 44.8 Å². The van der Waals surface area contributed by atoms with Gasteiger partial charge in [0, 0.05) is 120 Å². The van der Waals surface area contributed by atoms with Gasteiger partial charge in [-0.2, -0.15) is 24.4 Å². The number of ether oxygens (including phenoxy) is 1. The van der Waals surface area contributed by atoms with E-state index < -0.39 is 0 Å². The molecule has 0 aliphatic carbocycles. The Labute approximate surface area is 659 Å². The van der Waals surface area contributed by atoms with Crippen LogP contribution in [0.25, 0.3) is 130 Å². The zero-order valence-electron chi connectivity index (χ0n) is 59.7. The van der Waals surface area contributed by atoms with Gasteiger partial charge in [0.1, 0.15) is 63.0 Å². The molecule has 4 aliphatic heterocycles. The molecule has 16 aromatic heterocycles. The third-order valence-corrected chi connectivity index (χ3v) is 24.1. The summed E-state index contributed by atoms with van der Waals surface area (Å²) in [6.45, 7) is 4.83. The van der Waals surface area contributed by atoms with Gasteiger partial charge < -0.3 is 52.6 Å². The van der Waals surface area contributed by atoms with Crippen LogP contribution in [0.1, 0.15) is 67.4 Å². The first-order valence-corrected chi connectivity index (χ1v) is 39.8. The van der Waals surface area contributed by atoms with Crippen LogP contribution in [-0.2, 0) is 4.74 Å². The highest BCUT2D eigenvalue weighted by Gasteiger charge is 2.43. The summed E-state index contributed by atoms with van der Waals surface area (Å²) in [7, 11) is 0. The number of furan rings is 1. The molecule has 0 bridgehead atoms. The number of morpholine rings is 1. The fraction of sp³-hybridized carbons (Fsp3) is 0.233. The van der Waals surface area contributed by atoms with Gasteiger partial charge in [0.15, 0.2) is 39.6 Å². The van der Waals surface area contributed by atoms with Gasteiger partial charge in [0.2, 0.25) is 11.7 Å². The molecule has 114 heavy (non-hydrogen) atoms. The summed E-state index contributed by atoms with van der Waals surface area (Å²) in [5.41, 5.74) is 14.4. The Kier molecular flexibility index (Phi) is 18.0. The van der Waals surface area contributed by atoms with Gasteiger partial charge in [-0.25, -0.2) is 34.9 Å². The molecule has 0 amide bonds. The lowest BCUT2D eigenvalue weighted by Crippen LogP contribution is -2.52. The second kappa shape index (κ2) is 29.8. The molecule has 5 N–H and O–H groups in total. The number of piperazine rings is 1. The number of pyridine rings is 1. The van der Waals surface area contributed by atoms with E-state index in [0.717, 1.165) is 87.2 Å². The van der Waals surface area contributed by atoms with Crippen molar-refractivity contribution in [2.24, 2.45) is 0 Å². The topological polar surface area (TPSA) is 438 Å². The van der Waals surface area contributed by atoms with Crippen molar-refractivity contribution in [3.63, 3.8) is 0 Å². The summed E-state index contributed by atoms with van der Waals surface area (Å²) in [5, 5.41) is 66.8. The molecule has 4 aliphatic rings. The third-order valence-electron chi connectivity index (χ3n) is 20.8. The number of rotatable bonds is 21. The zero-order valence-corrected chi connectivity index (χ0v) is 63.0. The largest absolute Gasteiger partial charge is 0.464 e. The highest BCUT2D eigenvalue weighted by atomic mass is 32.2. The molecule has 21 rings (SSSR count). The Hall–Kier alpha value is -13.2. The van der Waals surface area contributed by atoms with Crippen molar-refractivity contribution in [1.29, 1.82) is 0 Å². The first-order valence-electron chi connectivity index (χ1n) is 36.5. The SMILES string of the molecule is c1ccc(-c2ccoc2-c2ccnnc2C2CNCCN2c2nccnc2-c2ccnc(C3CCCCN3c3cccnc3C3COCCN3C3CCCN3c3nn[nH]c3-c3snnc3-n3nnnc3-c3cc[nH]c3-c3c[nH]nc3-c3[nH]cnc3-c3conn3)n2)c(Sc2nc(-c3nc(-c4nocc4-c4ccsn4)co3)cs2)c1. The normalized spacial score (nSPS) is 17.6. The number of thiazole rings is 1. The van der Waals surface area contributed by atoms with Crippen LogP contribution in [0.5, 0.6) is 0 Å². The minimum Gasteiger partial charge on any atom is -0.464 e. The van der Waals surface area contributed by atoms with Gasteiger partial charge in [-0.3, -0.25) is 20.1 Å². The van der Waals surface area contributed by atoms with Crippen molar-refractivity contribution in [2.45, 2.75) is 65.6 Å². The number of anilines is 3. The van der Waals surface area contributed by atoms with Gasteiger partial charge in [-0.05, 0) is 120 Å². The van der Waals surface area contributed by atoms with Crippen LogP contribution in [0.2, 0.25) is 0 Å². The standard InChI is InChI=1S/C73H60N32O5S4/c1-2-10-54(113-73-86-49(37-111-73)72-85-47(34-108-72)57-44(33-109-94-57)45-16-30-112-95-45)39(7-1)40-15-28-107-65(40)41-13-20-82-88-58(41)52-32-74-23-26-103(52)69-61(77-21-22-79-69)46-14-19-78-67(84-46)51-8-3-4-24-101(51)50-9-5-17-75-62(50)53-36-106-29-27-102(53)55-11-6-25-104(55)70-64(90-96-92-70)66-71(93-100-114-66)105-68(91-97-98-105)42-12-18-76-56(42)43-31-83-89-59(43)63-60(80-38-81-63)48-35-110-99-87-48/h1-2,5,7,9-10,12-22,28,30-31,33-35,37-38,51-53,55,74,76H,3-4,6,8,11,23-27,29,32,36H2,(H,80,81)(H,83,89)(H,90,92,96). The maximum Gasteiger partial charge on any atom is 0.246 e. The molecular weight excluding hydrogens is 1530 g/mol. The van der Waals surface area contributed by atoms with Gasteiger partial charge in [0.05, 0.1) is 102 Å². The smallest absolute Gasteiger partial charge is 0.246 e. The van der Waals surface area contributed by atoms with Gasteiger partial charge in [-0.15, -0.1) is 31.7 Å². The molecule has 4 unspecified atom stereocenters. The lowest BCUT2D eigenvalue weighted by Gasteiger charge is -2.44. The van der Waals surface area contributed by atoms with Crippen molar-refractivity contribution in [3.8, 4) is 130 Å². The molecule has 37 nitrogen and oxygen atoms in total. The van der Waals surface area contributed by atoms with Crippen molar-refractivity contribution in [2.75, 3.05) is 67.2 Å². The Morgan fingerprint density at radius 3 is 2.54 bits per heavy atom. The lowest BCUT2D eigenvalue weighted by molar-refractivity contribution is -0.0296. The molecule has 1 aromatic carbocycles. The second-order valence-corrected chi connectivity index (χ2v) is 30.5. The molecule has 17 aromatic rings. The predicted octanol–water partition coefficient (Wildman–Crippen LogP) is 11.4. The van der Waals surface area contributed by atoms with Crippen LogP contribution in [0.15, 0.2) is 179 Å². The first-order chi connectivity index (χ1) is 56.6. The van der Waals surface area contributed by atoms with Crippen molar-refractivity contribution in [3.05, 3.63) is 169 Å². The number of aromatic nitrogens is 27. The molecule has 0 radical (unpaired) electrons. The summed E-state index contributed by atoms with van der Waals surface area (Å²) >= 11 is 5.58. The van der Waals surface area contributed by atoms with E-state index in [1.54, 1.807) is 66.3 Å². The number of aromatic amines is 4. The molecular formula is C73H60N32O5S4. The second-order valence-electron chi connectivity index (χ2n) is 27.0. The molecule has 4 fully saturated rings. The number of H-pyrrole nitrogens is 4. The number of nitrogens with one attached hydrogen (secondary N) is 5. The number of hydrogen-bond donors (Lipinski definition) is 5. The minimum atomic E-state index is -0.366. The van der Waals surface area contributed by atoms with Gasteiger partial charge in [0.25, 0.3) is 0 Å². The van der Waals surface area contributed by atoms with Gasteiger partial charge >= 0.3 is 0 Å². The molecule has 566 valence electrons. The summed E-state index contributed by atoms with van der Waals surface area (Å²) < 4.78 is 40.6. The number of benzene rings is 1. The molecule has 0 spiro atoms. The first kappa shape index (κ1) is 68.8. The van der Waals surface area contributed by atoms with E-state index in [1.165, 1.54) is 40.7 Å². The van der Waals surface area contributed by atoms with Crippen LogP contribution in [0.3, 0.4) is 0 Å². The van der Waals surface area contributed by atoms with Crippen LogP contribution < -0.4 is 20.0 Å². The van der Waals surface area contributed by atoms with Crippen LogP contribution in [0, 0.1) is 0 Å². The third kappa shape index (κ3) is 12.4. The molecule has 4 saturated heterocycles. The highest BCUT2D eigenvalue weighted by Crippen LogP contribution is 2.48. The summed E-state index contributed by atoms with van der Waals surface area (Å²) in [4.78, 5) is 58.0. The molecule has 4 atom stereocenters. The number of hydrogen-bond acceptors (Lipinski definition) is 36. The summed E-state index contributed by atoms with van der Waals surface area (Å²) in [6, 6.07) is 21.3. The number of oxazole rings is 1. The number of tetrazole rings is 1. The van der Waals surface area contributed by atoms with E-state index in [-0.39, 0.29) is 24.3 Å². The number of nitrogens with zero attached hydrogens (tertiary/aromatic N) is 27. The van der Waals surface area contributed by atoms with Crippen molar-refractivity contribution < 1.29 is 22.6 Å². The average molecular weight is 1590 g/mol. The maximum absolute atomic E-state index is 6.52. The quantitative estimate of drug-likeness (QED) is 0.0446. The fourth-order valence-electron chi connectivity index (χ4n) is 15.7. The van der Waals surface area contributed by atoms with Crippen molar-refractivity contribution in [1.82, 2.24) is 146 Å². The van der Waals surface area contributed by atoms with Crippen molar-refractivity contribution >= 4 is 63.5 Å². The zero-order chi connectivity index (χ0) is 75.4. The van der Waals surface area contributed by atoms with E-state index >= 15 is 0 Å². The van der Waals surface area contributed by atoms with E-state index in [1.807, 2.05) is 77.9 Å². The number of piperidine rings is 1. The van der Waals surface area contributed by atoms with Crippen LogP contribution in [0.4, 0.5) is 17.3 Å². The summed E-state index contributed by atoms with van der Waals surface area (Å²) in [5.74, 6) is 3.75. The van der Waals surface area contributed by atoms with E-state index in [9.17, 15) is 0 Å². The Morgan fingerprint density at radius 2 is 1.58 bits per heavy atom. The Morgan fingerprint density at radius 1 is 0.605 bits per heavy atom. The minimum absolute atomic E-state index is 0.122. The molecule has 20 heterocycles. The summed E-state index contributed by atoms with van der Waals surface area (Å²) in [6.07, 6.45) is 24.6. The van der Waals surface area contributed by atoms with Crippen LogP contribution >= 0.6 is 46.2 Å².